The summed E-state index contributed by atoms with van der Waals surface area (Å²) in [6.07, 6.45) is 3.61. The van der Waals surface area contributed by atoms with E-state index in [2.05, 4.69) is 29.6 Å². The number of nitrogen functional groups attached to an aromatic ring is 1. The van der Waals surface area contributed by atoms with Gasteiger partial charge in [0.15, 0.2) is 0 Å². The van der Waals surface area contributed by atoms with Crippen molar-refractivity contribution in [3.05, 3.63) is 5.69 Å². The molecule has 0 unspecified atom stereocenters. The lowest BCUT2D eigenvalue weighted by Gasteiger charge is -2.13. The molecule has 1 aliphatic carbocycles. The van der Waals surface area contributed by atoms with E-state index in [4.69, 9.17) is 5.73 Å². The number of amides is 1. The van der Waals surface area contributed by atoms with Gasteiger partial charge in [-0.25, -0.2) is 4.68 Å². The molecule has 0 aliphatic heterocycles. The number of anilines is 2. The van der Waals surface area contributed by atoms with Crippen LogP contribution in [0.15, 0.2) is 0 Å². The van der Waals surface area contributed by atoms with Gasteiger partial charge in [0.25, 0.3) is 0 Å². The van der Waals surface area contributed by atoms with Gasteiger partial charge in [-0.1, -0.05) is 0 Å². The van der Waals surface area contributed by atoms with Crippen LogP contribution in [-0.2, 0) is 4.79 Å². The third-order valence-corrected chi connectivity index (χ3v) is 3.44. The van der Waals surface area contributed by atoms with Crippen molar-refractivity contribution in [2.45, 2.75) is 58.5 Å². The van der Waals surface area contributed by atoms with Gasteiger partial charge in [0, 0.05) is 25.0 Å². The molecule has 20 heavy (non-hydrogen) atoms. The first-order chi connectivity index (χ1) is 9.49. The minimum Gasteiger partial charge on any atom is -0.394 e. The zero-order valence-corrected chi connectivity index (χ0v) is 12.6. The van der Waals surface area contributed by atoms with Crippen molar-refractivity contribution in [2.24, 2.45) is 0 Å². The lowest BCUT2D eigenvalue weighted by atomic mass is 10.3. The second-order valence-electron chi connectivity index (χ2n) is 5.76. The van der Waals surface area contributed by atoms with Crippen LogP contribution < -0.4 is 16.4 Å². The molecule has 1 amide bonds. The van der Waals surface area contributed by atoms with Crippen molar-refractivity contribution in [1.82, 2.24) is 15.1 Å². The van der Waals surface area contributed by atoms with E-state index in [-0.39, 0.29) is 11.9 Å². The van der Waals surface area contributed by atoms with E-state index in [1.165, 1.54) is 0 Å². The van der Waals surface area contributed by atoms with Crippen LogP contribution in [0.1, 0.15) is 51.3 Å². The van der Waals surface area contributed by atoms with E-state index in [1.54, 1.807) is 0 Å². The summed E-state index contributed by atoms with van der Waals surface area (Å²) in [4.78, 5) is 11.6. The van der Waals surface area contributed by atoms with E-state index in [0.717, 1.165) is 37.3 Å². The number of hydrogen-bond acceptors (Lipinski definition) is 4. The molecule has 0 bridgehead atoms. The Hall–Kier alpha value is -1.72. The molecule has 1 saturated carbocycles. The Morgan fingerprint density at radius 1 is 1.50 bits per heavy atom. The number of rotatable bonds is 7. The van der Waals surface area contributed by atoms with Crippen LogP contribution in [0.4, 0.5) is 11.5 Å². The van der Waals surface area contributed by atoms with Gasteiger partial charge in [-0.05, 0) is 40.0 Å². The third kappa shape index (κ3) is 3.65. The highest BCUT2D eigenvalue weighted by molar-refractivity contribution is 5.76. The van der Waals surface area contributed by atoms with E-state index in [0.29, 0.717) is 18.2 Å². The van der Waals surface area contributed by atoms with Crippen LogP contribution in [0.2, 0.25) is 0 Å². The Morgan fingerprint density at radius 3 is 2.80 bits per heavy atom. The number of hydrogen-bond donors (Lipinski definition) is 3. The zero-order valence-electron chi connectivity index (χ0n) is 12.6. The average molecular weight is 279 g/mol. The number of carbonyl (C=O) groups excluding carboxylic acids is 1. The molecule has 0 aromatic carbocycles. The van der Waals surface area contributed by atoms with E-state index < -0.39 is 0 Å². The van der Waals surface area contributed by atoms with Gasteiger partial charge in [-0.2, -0.15) is 5.10 Å². The molecule has 4 N–H and O–H groups in total. The summed E-state index contributed by atoms with van der Waals surface area (Å²) in [6.45, 7) is 6.77. The topological polar surface area (TPSA) is 85.0 Å². The fourth-order valence-corrected chi connectivity index (χ4v) is 2.09. The SMILES string of the molecule is Cc1nn(C(C)C)c(NCCCC(=O)NC2CC2)c1N. The van der Waals surface area contributed by atoms with Crippen LogP contribution in [0.25, 0.3) is 0 Å². The van der Waals surface area contributed by atoms with Crippen molar-refractivity contribution < 1.29 is 4.79 Å². The van der Waals surface area contributed by atoms with Gasteiger partial charge in [0.2, 0.25) is 5.91 Å². The monoisotopic (exact) mass is 279 g/mol. The van der Waals surface area contributed by atoms with Crippen LogP contribution >= 0.6 is 0 Å². The molecule has 1 aromatic heterocycles. The van der Waals surface area contributed by atoms with Crippen LogP contribution in [0, 0.1) is 6.92 Å². The Bertz CT molecular complexity index is 476. The molecule has 1 heterocycles. The highest BCUT2D eigenvalue weighted by atomic mass is 16.1. The minimum atomic E-state index is 0.149. The lowest BCUT2D eigenvalue weighted by molar-refractivity contribution is -0.121. The number of aromatic nitrogens is 2. The van der Waals surface area contributed by atoms with Crippen LogP contribution in [0.3, 0.4) is 0 Å². The van der Waals surface area contributed by atoms with Crippen molar-refractivity contribution in [3.63, 3.8) is 0 Å². The van der Waals surface area contributed by atoms with Gasteiger partial charge in [-0.3, -0.25) is 4.79 Å². The smallest absolute Gasteiger partial charge is 0.220 e. The average Bonchev–Trinajstić information content (AvgIpc) is 3.14. The molecule has 1 fully saturated rings. The summed E-state index contributed by atoms with van der Waals surface area (Å²) < 4.78 is 1.90. The quantitative estimate of drug-likeness (QED) is 0.665. The zero-order chi connectivity index (χ0) is 14.7. The van der Waals surface area contributed by atoms with Gasteiger partial charge in [-0.15, -0.1) is 0 Å². The van der Waals surface area contributed by atoms with Crippen LogP contribution in [-0.4, -0.2) is 28.3 Å². The summed E-state index contributed by atoms with van der Waals surface area (Å²) in [5, 5.41) is 10.7. The van der Waals surface area contributed by atoms with Gasteiger partial charge >= 0.3 is 0 Å². The normalized spacial score (nSPS) is 14.6. The summed E-state index contributed by atoms with van der Waals surface area (Å²) in [7, 11) is 0. The molecule has 0 saturated heterocycles. The van der Waals surface area contributed by atoms with E-state index in [1.807, 2.05) is 11.6 Å². The highest BCUT2D eigenvalue weighted by Gasteiger charge is 2.22. The first-order valence-electron chi connectivity index (χ1n) is 7.37. The van der Waals surface area contributed by atoms with E-state index in [9.17, 15) is 4.79 Å². The Balaban J connectivity index is 1.79. The highest BCUT2D eigenvalue weighted by Crippen LogP contribution is 2.25. The molecule has 0 radical (unpaired) electrons. The first kappa shape index (κ1) is 14.7. The van der Waals surface area contributed by atoms with Crippen LogP contribution in [0.5, 0.6) is 0 Å². The Kier molecular flexibility index (Phi) is 4.52. The minimum absolute atomic E-state index is 0.149. The molecule has 0 atom stereocenters. The molecule has 6 heteroatoms. The van der Waals surface area contributed by atoms with E-state index >= 15 is 0 Å². The predicted octanol–water partition coefficient (Wildman–Crippen LogP) is 1.83. The maximum Gasteiger partial charge on any atom is 0.220 e. The first-order valence-corrected chi connectivity index (χ1v) is 7.37. The number of carbonyl (C=O) groups is 1. The van der Waals surface area contributed by atoms with Crippen molar-refractivity contribution in [3.8, 4) is 0 Å². The second kappa shape index (κ2) is 6.15. The molecule has 112 valence electrons. The summed E-state index contributed by atoms with van der Waals surface area (Å²) >= 11 is 0. The van der Waals surface area contributed by atoms with Gasteiger partial charge < -0.3 is 16.4 Å². The van der Waals surface area contributed by atoms with Gasteiger partial charge in [0.1, 0.15) is 5.82 Å². The molecule has 2 rings (SSSR count). The lowest BCUT2D eigenvalue weighted by Crippen LogP contribution is -2.25. The van der Waals surface area contributed by atoms with Gasteiger partial charge in [0.05, 0.1) is 11.4 Å². The number of nitrogens with two attached hydrogens (primary N) is 1. The van der Waals surface area contributed by atoms with Crippen molar-refractivity contribution in [1.29, 1.82) is 0 Å². The summed E-state index contributed by atoms with van der Waals surface area (Å²) in [5.41, 5.74) is 7.57. The summed E-state index contributed by atoms with van der Waals surface area (Å²) in [5.74, 6) is 1.01. The van der Waals surface area contributed by atoms with Crippen molar-refractivity contribution >= 4 is 17.4 Å². The second-order valence-corrected chi connectivity index (χ2v) is 5.76. The Morgan fingerprint density at radius 2 is 2.20 bits per heavy atom. The number of nitrogens with one attached hydrogen (secondary N) is 2. The van der Waals surface area contributed by atoms with Crippen molar-refractivity contribution in [2.75, 3.05) is 17.6 Å². The number of nitrogens with zero attached hydrogens (tertiary/aromatic N) is 2. The predicted molar refractivity (Wildman–Crippen MR) is 80.6 cm³/mol. The molecular formula is C14H25N5O. The standard InChI is InChI=1S/C14H25N5O/c1-9(2)19-14(13(15)10(3)18-19)16-8-4-5-12(20)17-11-6-7-11/h9,11,16H,4-8,15H2,1-3H3,(H,17,20). The fraction of sp³-hybridized carbons (Fsp3) is 0.714. The number of aryl methyl sites for hydroxylation is 1. The Labute approximate surface area is 120 Å². The maximum atomic E-state index is 11.6. The molecule has 1 aliphatic rings. The largest absolute Gasteiger partial charge is 0.394 e. The third-order valence-electron chi connectivity index (χ3n) is 3.44. The summed E-state index contributed by atoms with van der Waals surface area (Å²) in [6, 6.07) is 0.697. The molecule has 6 nitrogen and oxygen atoms in total. The fourth-order valence-electron chi connectivity index (χ4n) is 2.09. The molecule has 1 aromatic rings. The molecular weight excluding hydrogens is 254 g/mol. The molecule has 0 spiro atoms. The maximum absolute atomic E-state index is 11.6.